The molecule has 0 bridgehead atoms. The van der Waals surface area contributed by atoms with Gasteiger partial charge in [0.25, 0.3) is 0 Å². The van der Waals surface area contributed by atoms with Crippen molar-refractivity contribution in [3.8, 4) is 11.1 Å². The topological polar surface area (TPSA) is 83.5 Å². The molecular formula is C21H18BrNO4. The second kappa shape index (κ2) is 6.93. The number of fused-ring (bicyclic) bond motifs is 3. The molecule has 2 aliphatic carbocycles. The minimum Gasteiger partial charge on any atom is -0.481 e. The van der Waals surface area contributed by atoms with E-state index in [1.807, 2.05) is 24.3 Å². The number of rotatable bonds is 3. The highest BCUT2D eigenvalue weighted by molar-refractivity contribution is 9.10. The van der Waals surface area contributed by atoms with Gasteiger partial charge in [-0.05, 0) is 52.0 Å². The Morgan fingerprint density at radius 2 is 1.63 bits per heavy atom. The second-order valence-electron chi connectivity index (χ2n) is 7.08. The van der Waals surface area contributed by atoms with Crippen LogP contribution in [0, 0.1) is 11.8 Å². The molecule has 0 radical (unpaired) electrons. The fraction of sp³-hybridized carbons (Fsp3) is 0.286. The number of carbonyl (C=O) groups excluding carboxylic acids is 2. The summed E-state index contributed by atoms with van der Waals surface area (Å²) >= 11 is 3.48. The van der Waals surface area contributed by atoms with Gasteiger partial charge in [0.15, 0.2) is 5.78 Å². The smallest absolute Gasteiger partial charge is 0.307 e. The third-order valence-corrected chi connectivity index (χ3v) is 6.15. The Morgan fingerprint density at radius 3 is 2.33 bits per heavy atom. The molecule has 1 fully saturated rings. The molecular weight excluding hydrogens is 410 g/mol. The zero-order valence-electron chi connectivity index (χ0n) is 14.5. The van der Waals surface area contributed by atoms with Crippen molar-refractivity contribution in [3.05, 3.63) is 52.0 Å². The normalized spacial score (nSPS) is 20.7. The molecule has 4 rings (SSSR count). The molecule has 2 aliphatic rings. The van der Waals surface area contributed by atoms with Gasteiger partial charge in [0, 0.05) is 15.6 Å². The lowest BCUT2D eigenvalue weighted by molar-refractivity contribution is -0.147. The first-order valence-electron chi connectivity index (χ1n) is 8.98. The van der Waals surface area contributed by atoms with Gasteiger partial charge in [0.2, 0.25) is 5.91 Å². The van der Waals surface area contributed by atoms with Crippen LogP contribution < -0.4 is 5.32 Å². The Morgan fingerprint density at radius 1 is 0.963 bits per heavy atom. The van der Waals surface area contributed by atoms with Crippen LogP contribution in [0.25, 0.3) is 11.1 Å². The number of nitrogens with one attached hydrogen (secondary N) is 1. The number of hydrogen-bond donors (Lipinski definition) is 2. The minimum atomic E-state index is -0.923. The molecule has 0 heterocycles. The number of carbonyl (C=O) groups is 3. The van der Waals surface area contributed by atoms with E-state index in [9.17, 15) is 19.5 Å². The zero-order chi connectivity index (χ0) is 19.1. The predicted molar refractivity (Wildman–Crippen MR) is 105 cm³/mol. The van der Waals surface area contributed by atoms with E-state index in [4.69, 9.17) is 0 Å². The number of hydrogen-bond acceptors (Lipinski definition) is 3. The fourth-order valence-corrected chi connectivity index (χ4v) is 4.55. The SMILES string of the molecule is O=C1c2ccccc2-c2cc(Br)c(NC(=O)[C@@H]3CCCC[C@H]3C(=O)O)cc21. The first-order chi connectivity index (χ1) is 13.0. The third-order valence-electron chi connectivity index (χ3n) is 5.49. The number of carboxylic acids is 1. The summed E-state index contributed by atoms with van der Waals surface area (Å²) in [4.78, 5) is 36.9. The summed E-state index contributed by atoms with van der Waals surface area (Å²) in [5.41, 5.74) is 3.42. The van der Waals surface area contributed by atoms with Crippen molar-refractivity contribution in [2.45, 2.75) is 25.7 Å². The number of anilines is 1. The molecule has 0 aliphatic heterocycles. The van der Waals surface area contributed by atoms with E-state index in [1.165, 1.54) is 0 Å². The van der Waals surface area contributed by atoms with Crippen LogP contribution in [-0.4, -0.2) is 22.8 Å². The van der Waals surface area contributed by atoms with Crippen LogP contribution in [-0.2, 0) is 9.59 Å². The fourth-order valence-electron chi connectivity index (χ4n) is 4.11. The largest absolute Gasteiger partial charge is 0.481 e. The summed E-state index contributed by atoms with van der Waals surface area (Å²) in [6, 6.07) is 10.9. The summed E-state index contributed by atoms with van der Waals surface area (Å²) in [6.45, 7) is 0. The van der Waals surface area contributed by atoms with Crippen LogP contribution in [0.1, 0.15) is 41.6 Å². The number of halogens is 1. The number of amides is 1. The maximum atomic E-state index is 12.8. The maximum Gasteiger partial charge on any atom is 0.307 e. The van der Waals surface area contributed by atoms with E-state index in [2.05, 4.69) is 21.2 Å². The van der Waals surface area contributed by atoms with E-state index in [0.29, 0.717) is 34.1 Å². The van der Waals surface area contributed by atoms with Gasteiger partial charge in [0.1, 0.15) is 0 Å². The monoisotopic (exact) mass is 427 g/mol. The predicted octanol–water partition coefficient (Wildman–Crippen LogP) is 4.49. The molecule has 5 nitrogen and oxygen atoms in total. The minimum absolute atomic E-state index is 0.0651. The highest BCUT2D eigenvalue weighted by Gasteiger charge is 2.36. The van der Waals surface area contributed by atoms with Crippen LogP contribution >= 0.6 is 15.9 Å². The van der Waals surface area contributed by atoms with Gasteiger partial charge in [-0.3, -0.25) is 14.4 Å². The number of carboxylic acid groups (broad SMARTS) is 1. The molecule has 27 heavy (non-hydrogen) atoms. The number of aliphatic carboxylic acids is 1. The van der Waals surface area contributed by atoms with E-state index >= 15 is 0 Å². The second-order valence-corrected chi connectivity index (χ2v) is 7.93. The molecule has 0 aromatic heterocycles. The molecule has 1 amide bonds. The van der Waals surface area contributed by atoms with Crippen LogP contribution in [0.15, 0.2) is 40.9 Å². The van der Waals surface area contributed by atoms with Gasteiger partial charge in [-0.15, -0.1) is 0 Å². The number of ketones is 1. The van der Waals surface area contributed by atoms with Crippen molar-refractivity contribution in [2.75, 3.05) is 5.32 Å². The van der Waals surface area contributed by atoms with Gasteiger partial charge in [-0.2, -0.15) is 0 Å². The van der Waals surface area contributed by atoms with E-state index in [0.717, 1.165) is 24.0 Å². The highest BCUT2D eigenvalue weighted by atomic mass is 79.9. The van der Waals surface area contributed by atoms with Crippen LogP contribution in [0.3, 0.4) is 0 Å². The first-order valence-corrected chi connectivity index (χ1v) is 9.78. The summed E-state index contributed by atoms with van der Waals surface area (Å²) < 4.78 is 0.668. The van der Waals surface area contributed by atoms with Crippen LogP contribution in [0.5, 0.6) is 0 Å². The molecule has 138 valence electrons. The van der Waals surface area contributed by atoms with Crippen molar-refractivity contribution in [2.24, 2.45) is 11.8 Å². The third kappa shape index (κ3) is 3.08. The Hall–Kier alpha value is -2.47. The molecule has 0 unspecified atom stereocenters. The average molecular weight is 428 g/mol. The van der Waals surface area contributed by atoms with Crippen molar-refractivity contribution >= 4 is 39.3 Å². The van der Waals surface area contributed by atoms with Gasteiger partial charge in [0.05, 0.1) is 17.5 Å². The van der Waals surface area contributed by atoms with E-state index in [-0.39, 0.29) is 11.7 Å². The zero-order valence-corrected chi connectivity index (χ0v) is 16.1. The van der Waals surface area contributed by atoms with Crippen LogP contribution in [0.2, 0.25) is 0 Å². The first kappa shape index (κ1) is 17.9. The van der Waals surface area contributed by atoms with Crippen molar-refractivity contribution < 1.29 is 19.5 Å². The quantitative estimate of drug-likeness (QED) is 0.644. The summed E-state index contributed by atoms with van der Waals surface area (Å²) in [6.07, 6.45) is 2.76. The Bertz CT molecular complexity index is 969. The van der Waals surface area contributed by atoms with Gasteiger partial charge >= 0.3 is 5.97 Å². The molecule has 2 aromatic rings. The average Bonchev–Trinajstić information content (AvgIpc) is 2.94. The van der Waals surface area contributed by atoms with E-state index in [1.54, 1.807) is 12.1 Å². The lowest BCUT2D eigenvalue weighted by atomic mass is 9.78. The molecule has 0 spiro atoms. The Kier molecular flexibility index (Phi) is 4.60. The molecule has 0 saturated heterocycles. The molecule has 2 atom stereocenters. The maximum absolute atomic E-state index is 12.8. The Labute approximate surface area is 164 Å². The standard InChI is InChI=1S/C21H18BrNO4/c22-17-9-15-11-5-1-2-6-12(11)19(24)16(15)10-18(17)23-20(25)13-7-3-4-8-14(13)21(26)27/h1-2,5-6,9-10,13-14H,3-4,7-8H2,(H,23,25)(H,26,27)/t13-,14-/m1/s1. The summed E-state index contributed by atoms with van der Waals surface area (Å²) in [5, 5.41) is 12.2. The lowest BCUT2D eigenvalue weighted by Gasteiger charge is -2.27. The van der Waals surface area contributed by atoms with Gasteiger partial charge < -0.3 is 10.4 Å². The van der Waals surface area contributed by atoms with Gasteiger partial charge in [-0.1, -0.05) is 37.1 Å². The highest BCUT2D eigenvalue weighted by Crippen LogP contribution is 2.41. The summed E-state index contributed by atoms with van der Waals surface area (Å²) in [7, 11) is 0. The molecule has 2 aromatic carbocycles. The Balaban J connectivity index is 1.64. The molecule has 2 N–H and O–H groups in total. The van der Waals surface area contributed by atoms with Crippen molar-refractivity contribution in [1.29, 1.82) is 0 Å². The van der Waals surface area contributed by atoms with Crippen molar-refractivity contribution in [3.63, 3.8) is 0 Å². The molecule has 1 saturated carbocycles. The molecule has 6 heteroatoms. The number of benzene rings is 2. The van der Waals surface area contributed by atoms with Gasteiger partial charge in [-0.25, -0.2) is 0 Å². The summed E-state index contributed by atoms with van der Waals surface area (Å²) in [5.74, 6) is -2.49. The van der Waals surface area contributed by atoms with E-state index < -0.39 is 17.8 Å². The van der Waals surface area contributed by atoms with Crippen molar-refractivity contribution in [1.82, 2.24) is 0 Å². The lowest BCUT2D eigenvalue weighted by Crippen LogP contribution is -2.36. The van der Waals surface area contributed by atoms with Crippen LogP contribution in [0.4, 0.5) is 5.69 Å².